The van der Waals surface area contributed by atoms with Crippen LogP contribution < -0.4 is 0 Å². The highest BCUT2D eigenvalue weighted by Gasteiger charge is 1.98. The van der Waals surface area contributed by atoms with Gasteiger partial charge in [-0.1, -0.05) is 6.92 Å². The molecule has 0 amide bonds. The number of carboxylic acid groups (broad SMARTS) is 1. The molecule has 0 saturated carbocycles. The molecular weight excluding hydrogens is 252 g/mol. The van der Waals surface area contributed by atoms with Crippen molar-refractivity contribution in [3.8, 4) is 0 Å². The van der Waals surface area contributed by atoms with Gasteiger partial charge in [-0.3, -0.25) is 4.79 Å². The fraction of sp³-hybridized carbons (Fsp3) is 0.923. The van der Waals surface area contributed by atoms with Crippen molar-refractivity contribution in [2.45, 2.75) is 32.8 Å². The summed E-state index contributed by atoms with van der Waals surface area (Å²) < 4.78 is 21.1. The van der Waals surface area contributed by atoms with Crippen molar-refractivity contribution in [3.63, 3.8) is 0 Å². The Morgan fingerprint density at radius 3 is 1.89 bits per heavy atom. The average Bonchev–Trinajstić information content (AvgIpc) is 2.39. The lowest BCUT2D eigenvalue weighted by Gasteiger charge is -2.10. The summed E-state index contributed by atoms with van der Waals surface area (Å²) in [6, 6.07) is 0. The lowest BCUT2D eigenvalue weighted by atomic mass is 10.3. The summed E-state index contributed by atoms with van der Waals surface area (Å²) in [5, 5.41) is 8.37. The van der Waals surface area contributed by atoms with E-state index in [2.05, 4.69) is 6.92 Å². The van der Waals surface area contributed by atoms with Crippen LogP contribution in [0.3, 0.4) is 0 Å². The maximum Gasteiger partial charge on any atom is 0.305 e. The Bertz CT molecular complexity index is 209. The predicted octanol–water partition coefficient (Wildman–Crippen LogP) is 1.33. The second-order valence-electron chi connectivity index (χ2n) is 4.07. The normalized spacial score (nSPS) is 12.5. The molecular formula is C13H26O6. The zero-order chi connectivity index (χ0) is 14.3. The summed E-state index contributed by atoms with van der Waals surface area (Å²) >= 11 is 0. The van der Waals surface area contributed by atoms with Crippen LogP contribution in [0.5, 0.6) is 0 Å². The molecule has 0 aromatic carbocycles. The quantitative estimate of drug-likeness (QED) is 0.483. The molecule has 1 N–H and O–H groups in total. The highest BCUT2D eigenvalue weighted by Crippen LogP contribution is 1.94. The Kier molecular flexibility index (Phi) is 13.2. The van der Waals surface area contributed by atoms with Gasteiger partial charge in [-0.25, -0.2) is 0 Å². The van der Waals surface area contributed by atoms with E-state index in [1.54, 1.807) is 0 Å². The molecule has 0 fully saturated rings. The molecule has 1 unspecified atom stereocenters. The topological polar surface area (TPSA) is 74.2 Å². The van der Waals surface area contributed by atoms with E-state index in [1.165, 1.54) is 0 Å². The van der Waals surface area contributed by atoms with Gasteiger partial charge in [-0.05, 0) is 13.3 Å². The third-order valence-electron chi connectivity index (χ3n) is 2.41. The van der Waals surface area contributed by atoms with Gasteiger partial charge in [0.05, 0.1) is 58.8 Å². The standard InChI is InChI=1S/C13H26O6/c1-3-12(2)19-11-10-18-9-8-17-7-6-16-5-4-13(14)15/h12H,3-11H2,1-2H3,(H,14,15). The number of ether oxygens (including phenoxy) is 4. The maximum absolute atomic E-state index is 10.2. The van der Waals surface area contributed by atoms with Crippen LogP contribution >= 0.6 is 0 Å². The molecule has 0 aromatic rings. The van der Waals surface area contributed by atoms with Crippen LogP contribution in [0.4, 0.5) is 0 Å². The van der Waals surface area contributed by atoms with E-state index in [1.807, 2.05) is 6.92 Å². The molecule has 0 aliphatic carbocycles. The van der Waals surface area contributed by atoms with Gasteiger partial charge in [0, 0.05) is 0 Å². The molecule has 6 nitrogen and oxygen atoms in total. The van der Waals surface area contributed by atoms with E-state index in [0.717, 1.165) is 6.42 Å². The summed E-state index contributed by atoms with van der Waals surface area (Å²) in [4.78, 5) is 10.2. The van der Waals surface area contributed by atoms with Crippen LogP contribution in [-0.4, -0.2) is 63.4 Å². The monoisotopic (exact) mass is 278 g/mol. The van der Waals surface area contributed by atoms with Crippen LogP contribution in [0.25, 0.3) is 0 Å². The van der Waals surface area contributed by atoms with Gasteiger partial charge in [0.15, 0.2) is 0 Å². The van der Waals surface area contributed by atoms with E-state index in [0.29, 0.717) is 39.6 Å². The second-order valence-corrected chi connectivity index (χ2v) is 4.07. The van der Waals surface area contributed by atoms with Crippen LogP contribution in [0.15, 0.2) is 0 Å². The van der Waals surface area contributed by atoms with Crippen molar-refractivity contribution in [1.82, 2.24) is 0 Å². The van der Waals surface area contributed by atoms with E-state index in [-0.39, 0.29) is 19.1 Å². The molecule has 0 bridgehead atoms. The van der Waals surface area contributed by atoms with Crippen molar-refractivity contribution in [1.29, 1.82) is 0 Å². The number of hydrogen-bond acceptors (Lipinski definition) is 5. The fourth-order valence-corrected chi connectivity index (χ4v) is 1.13. The van der Waals surface area contributed by atoms with E-state index >= 15 is 0 Å². The molecule has 1 atom stereocenters. The molecule has 0 rings (SSSR count). The molecule has 0 heterocycles. The van der Waals surface area contributed by atoms with E-state index in [4.69, 9.17) is 24.1 Å². The second kappa shape index (κ2) is 13.7. The summed E-state index contributed by atoms with van der Waals surface area (Å²) in [5.74, 6) is -0.853. The molecule has 19 heavy (non-hydrogen) atoms. The Balaban J connectivity index is 3.01. The molecule has 0 spiro atoms. The zero-order valence-corrected chi connectivity index (χ0v) is 11.9. The van der Waals surface area contributed by atoms with Gasteiger partial charge < -0.3 is 24.1 Å². The van der Waals surface area contributed by atoms with Gasteiger partial charge >= 0.3 is 5.97 Å². The number of hydrogen-bond donors (Lipinski definition) is 1. The Morgan fingerprint density at radius 2 is 1.42 bits per heavy atom. The van der Waals surface area contributed by atoms with Crippen LogP contribution in [-0.2, 0) is 23.7 Å². The van der Waals surface area contributed by atoms with Crippen molar-refractivity contribution >= 4 is 5.97 Å². The fourth-order valence-electron chi connectivity index (χ4n) is 1.13. The zero-order valence-electron chi connectivity index (χ0n) is 11.9. The highest BCUT2D eigenvalue weighted by molar-refractivity contribution is 5.66. The number of carbonyl (C=O) groups is 1. The minimum Gasteiger partial charge on any atom is -0.481 e. The van der Waals surface area contributed by atoms with Gasteiger partial charge in [0.2, 0.25) is 0 Å². The lowest BCUT2D eigenvalue weighted by Crippen LogP contribution is -2.15. The van der Waals surface area contributed by atoms with E-state index < -0.39 is 5.97 Å². The predicted molar refractivity (Wildman–Crippen MR) is 70.4 cm³/mol. The average molecular weight is 278 g/mol. The molecule has 114 valence electrons. The summed E-state index contributed by atoms with van der Waals surface area (Å²) in [5.41, 5.74) is 0. The summed E-state index contributed by atoms with van der Waals surface area (Å²) in [6.07, 6.45) is 1.31. The van der Waals surface area contributed by atoms with Crippen molar-refractivity contribution < 1.29 is 28.8 Å². The summed E-state index contributed by atoms with van der Waals surface area (Å²) in [6.45, 7) is 7.41. The molecule has 0 radical (unpaired) electrons. The smallest absolute Gasteiger partial charge is 0.305 e. The van der Waals surface area contributed by atoms with Gasteiger partial charge in [0.1, 0.15) is 0 Å². The van der Waals surface area contributed by atoms with E-state index in [9.17, 15) is 4.79 Å². The molecule has 0 aromatic heterocycles. The maximum atomic E-state index is 10.2. The van der Waals surface area contributed by atoms with Gasteiger partial charge in [0.25, 0.3) is 0 Å². The minimum atomic E-state index is -0.853. The lowest BCUT2D eigenvalue weighted by molar-refractivity contribution is -0.138. The van der Waals surface area contributed by atoms with Gasteiger partial charge in [-0.2, -0.15) is 0 Å². The number of carboxylic acids is 1. The Morgan fingerprint density at radius 1 is 0.947 bits per heavy atom. The van der Waals surface area contributed by atoms with Crippen LogP contribution in [0, 0.1) is 0 Å². The third-order valence-corrected chi connectivity index (χ3v) is 2.41. The van der Waals surface area contributed by atoms with Crippen LogP contribution in [0.1, 0.15) is 26.7 Å². The molecule has 0 aliphatic heterocycles. The van der Waals surface area contributed by atoms with Crippen LogP contribution in [0.2, 0.25) is 0 Å². The number of aliphatic carboxylic acids is 1. The first-order valence-electron chi connectivity index (χ1n) is 6.73. The largest absolute Gasteiger partial charge is 0.481 e. The first-order chi connectivity index (χ1) is 9.16. The van der Waals surface area contributed by atoms with Gasteiger partial charge in [-0.15, -0.1) is 0 Å². The van der Waals surface area contributed by atoms with Crippen molar-refractivity contribution in [3.05, 3.63) is 0 Å². The Hall–Kier alpha value is -0.690. The highest BCUT2D eigenvalue weighted by atomic mass is 16.6. The first-order valence-corrected chi connectivity index (χ1v) is 6.73. The minimum absolute atomic E-state index is 0.0271. The Labute approximate surface area is 115 Å². The molecule has 6 heteroatoms. The first kappa shape index (κ1) is 18.3. The summed E-state index contributed by atoms with van der Waals surface area (Å²) in [7, 11) is 0. The third kappa shape index (κ3) is 15.3. The molecule has 0 saturated heterocycles. The van der Waals surface area contributed by atoms with Crippen molar-refractivity contribution in [2.75, 3.05) is 46.2 Å². The van der Waals surface area contributed by atoms with Crippen molar-refractivity contribution in [2.24, 2.45) is 0 Å². The molecule has 0 aliphatic rings. The number of rotatable bonds is 14. The SMILES string of the molecule is CCC(C)OCCOCCOCCOCCC(=O)O.